The minimum atomic E-state index is -1.14. The fraction of sp³-hybridized carbons (Fsp3) is 0.417. The van der Waals surface area contributed by atoms with E-state index in [4.69, 9.17) is 11.6 Å². The first-order valence-electron chi connectivity index (χ1n) is 10.7. The van der Waals surface area contributed by atoms with Crippen LogP contribution < -0.4 is 10.6 Å². The molecule has 0 saturated carbocycles. The van der Waals surface area contributed by atoms with E-state index in [2.05, 4.69) is 10.6 Å². The number of alkyl halides is 1. The molecule has 0 radical (unpaired) electrons. The molecule has 1 heterocycles. The van der Waals surface area contributed by atoms with Crippen LogP contribution in [0.25, 0.3) is 0 Å². The molecule has 1 fully saturated rings. The molecule has 1 aliphatic heterocycles. The number of hydrogen-bond acceptors (Lipinski definition) is 4. The third-order valence-corrected chi connectivity index (χ3v) is 6.24. The van der Waals surface area contributed by atoms with Crippen LogP contribution in [0.1, 0.15) is 41.3 Å². The van der Waals surface area contributed by atoms with E-state index in [1.165, 1.54) is 13.1 Å². The van der Waals surface area contributed by atoms with Crippen LogP contribution in [-0.4, -0.2) is 61.3 Å². The molecule has 0 aliphatic carbocycles. The average molecular weight is 480 g/mol. The number of aliphatic hydroxyl groups is 1. The molecule has 3 N–H and O–H groups in total. The summed E-state index contributed by atoms with van der Waals surface area (Å²) in [7, 11) is 1.42. The Hall–Kier alpha value is -2.55. The molecular formula is C24H28ClF2N3O3. The molecule has 1 atom stereocenters. The summed E-state index contributed by atoms with van der Waals surface area (Å²) in [6.07, 6.45) is -1.14. The summed E-state index contributed by atoms with van der Waals surface area (Å²) >= 11 is 5.86. The van der Waals surface area contributed by atoms with Gasteiger partial charge in [-0.25, -0.2) is 8.78 Å². The number of nitrogens with zero attached hydrogens (tertiary/aromatic N) is 1. The quantitative estimate of drug-likeness (QED) is 0.541. The Kier molecular flexibility index (Phi) is 7.72. The Labute approximate surface area is 196 Å². The third-order valence-electron chi connectivity index (χ3n) is 5.95. The predicted molar refractivity (Wildman–Crippen MR) is 124 cm³/mol. The van der Waals surface area contributed by atoms with Gasteiger partial charge in [-0.2, -0.15) is 0 Å². The largest absolute Gasteiger partial charge is 0.389 e. The highest BCUT2D eigenvalue weighted by Gasteiger charge is 2.52. The van der Waals surface area contributed by atoms with Gasteiger partial charge >= 0.3 is 0 Å². The number of anilines is 1. The van der Waals surface area contributed by atoms with Gasteiger partial charge in [-0.3, -0.25) is 14.5 Å². The topological polar surface area (TPSA) is 81.7 Å². The molecule has 9 heteroatoms. The van der Waals surface area contributed by atoms with Crippen LogP contribution in [0.3, 0.4) is 0 Å². The molecule has 33 heavy (non-hydrogen) atoms. The van der Waals surface area contributed by atoms with E-state index in [1.807, 2.05) is 38.1 Å². The van der Waals surface area contributed by atoms with Crippen molar-refractivity contribution in [3.05, 3.63) is 63.9 Å². The number of likely N-dealkylation sites (tertiary alicyclic amines) is 1. The van der Waals surface area contributed by atoms with Gasteiger partial charge in [-0.1, -0.05) is 49.7 Å². The Morgan fingerprint density at radius 1 is 1.24 bits per heavy atom. The zero-order valence-electron chi connectivity index (χ0n) is 18.8. The minimum Gasteiger partial charge on any atom is -0.389 e. The molecule has 2 aromatic rings. The molecule has 3 rings (SSSR count). The lowest BCUT2D eigenvalue weighted by molar-refractivity contribution is -0.129. The Bertz CT molecular complexity index is 1040. The standard InChI is InChI=1S/C24H28ClF2N3O3/c1-14(2)16-6-4-5-7-18(16)24(12-30(13-24)11-15(31)10-26)23(33)29-21-9-20(27)19(25)8-17(21)22(32)28-3/h4-9,14-15,31H,10-13H2,1-3H3,(H,28,32)(H,29,33). The smallest absolute Gasteiger partial charge is 0.253 e. The van der Waals surface area contributed by atoms with Gasteiger partial charge in [-0.15, -0.1) is 0 Å². The number of carbonyl (C=O) groups excluding carboxylic acids is 2. The van der Waals surface area contributed by atoms with Crippen molar-refractivity contribution in [2.45, 2.75) is 31.3 Å². The van der Waals surface area contributed by atoms with Crippen LogP contribution >= 0.6 is 11.6 Å². The van der Waals surface area contributed by atoms with Crippen LogP contribution in [0.5, 0.6) is 0 Å². The summed E-state index contributed by atoms with van der Waals surface area (Å²) in [6, 6.07) is 9.76. The highest BCUT2D eigenvalue weighted by Crippen LogP contribution is 2.40. The van der Waals surface area contributed by atoms with Gasteiger partial charge < -0.3 is 15.7 Å². The predicted octanol–water partition coefficient (Wildman–Crippen LogP) is 3.48. The first-order valence-corrected chi connectivity index (χ1v) is 11.1. The molecule has 2 amide bonds. The highest BCUT2D eigenvalue weighted by atomic mass is 35.5. The minimum absolute atomic E-state index is 0.00453. The first-order chi connectivity index (χ1) is 15.6. The van der Waals surface area contributed by atoms with Crippen molar-refractivity contribution < 1.29 is 23.5 Å². The maximum absolute atomic E-state index is 14.2. The van der Waals surface area contributed by atoms with Crippen molar-refractivity contribution in [1.29, 1.82) is 0 Å². The Morgan fingerprint density at radius 3 is 2.52 bits per heavy atom. The fourth-order valence-electron chi connectivity index (χ4n) is 4.28. The second kappa shape index (κ2) is 10.2. The van der Waals surface area contributed by atoms with Crippen LogP contribution in [0.15, 0.2) is 36.4 Å². The number of carbonyl (C=O) groups is 2. The van der Waals surface area contributed by atoms with Crippen LogP contribution in [0, 0.1) is 5.82 Å². The van der Waals surface area contributed by atoms with Gasteiger partial charge in [-0.05, 0) is 29.2 Å². The second-order valence-corrected chi connectivity index (χ2v) is 9.05. The summed E-state index contributed by atoms with van der Waals surface area (Å²) in [4.78, 5) is 27.8. The number of hydrogen-bond donors (Lipinski definition) is 3. The highest BCUT2D eigenvalue weighted by molar-refractivity contribution is 6.31. The van der Waals surface area contributed by atoms with E-state index in [0.717, 1.165) is 17.2 Å². The van der Waals surface area contributed by atoms with Crippen molar-refractivity contribution in [3.63, 3.8) is 0 Å². The van der Waals surface area contributed by atoms with E-state index >= 15 is 0 Å². The monoisotopic (exact) mass is 479 g/mol. The van der Waals surface area contributed by atoms with E-state index < -0.39 is 35.8 Å². The lowest BCUT2D eigenvalue weighted by Crippen LogP contribution is -2.66. The third kappa shape index (κ3) is 5.03. The van der Waals surface area contributed by atoms with Crippen molar-refractivity contribution in [1.82, 2.24) is 10.2 Å². The van der Waals surface area contributed by atoms with E-state index in [9.17, 15) is 23.5 Å². The number of halogens is 3. The van der Waals surface area contributed by atoms with E-state index in [0.29, 0.717) is 0 Å². The number of aliphatic hydroxyl groups excluding tert-OH is 1. The molecule has 1 unspecified atom stereocenters. The maximum atomic E-state index is 14.2. The van der Waals surface area contributed by atoms with Gasteiger partial charge in [0, 0.05) is 26.7 Å². The van der Waals surface area contributed by atoms with Gasteiger partial charge in [0.15, 0.2) is 0 Å². The zero-order valence-corrected chi connectivity index (χ0v) is 19.5. The van der Waals surface area contributed by atoms with Crippen molar-refractivity contribution >= 4 is 29.1 Å². The van der Waals surface area contributed by atoms with Crippen molar-refractivity contribution in [2.75, 3.05) is 38.7 Å². The van der Waals surface area contributed by atoms with Gasteiger partial charge in [0.05, 0.1) is 27.8 Å². The molecule has 0 spiro atoms. The number of rotatable bonds is 8. The summed E-state index contributed by atoms with van der Waals surface area (Å²) in [5.41, 5.74) is 0.803. The van der Waals surface area contributed by atoms with Crippen molar-refractivity contribution in [3.8, 4) is 0 Å². The number of benzene rings is 2. The first kappa shape index (κ1) is 25.1. The summed E-state index contributed by atoms with van der Waals surface area (Å²) in [5, 5.41) is 14.7. The van der Waals surface area contributed by atoms with E-state index in [-0.39, 0.29) is 41.8 Å². The molecule has 6 nitrogen and oxygen atoms in total. The molecule has 0 aromatic heterocycles. The molecule has 1 aliphatic rings. The normalized spacial score (nSPS) is 16.2. The second-order valence-electron chi connectivity index (χ2n) is 8.65. The Balaban J connectivity index is 2.01. The molecule has 178 valence electrons. The van der Waals surface area contributed by atoms with Crippen LogP contribution in [-0.2, 0) is 10.2 Å². The number of nitrogens with one attached hydrogen (secondary N) is 2. The maximum Gasteiger partial charge on any atom is 0.253 e. The van der Waals surface area contributed by atoms with Crippen molar-refractivity contribution in [2.24, 2.45) is 0 Å². The summed E-state index contributed by atoms with van der Waals surface area (Å²) < 4.78 is 27.0. The van der Waals surface area contributed by atoms with Gasteiger partial charge in [0.25, 0.3) is 5.91 Å². The zero-order chi connectivity index (χ0) is 24.3. The van der Waals surface area contributed by atoms with Crippen LogP contribution in [0.2, 0.25) is 5.02 Å². The summed E-state index contributed by atoms with van der Waals surface area (Å²) in [5.74, 6) is -1.58. The molecule has 0 bridgehead atoms. The fourth-order valence-corrected chi connectivity index (χ4v) is 4.44. The van der Waals surface area contributed by atoms with Crippen LogP contribution in [0.4, 0.5) is 14.5 Å². The molecular weight excluding hydrogens is 452 g/mol. The molecule has 2 aromatic carbocycles. The lowest BCUT2D eigenvalue weighted by atomic mass is 9.69. The van der Waals surface area contributed by atoms with E-state index in [1.54, 1.807) is 4.90 Å². The molecule has 1 saturated heterocycles. The van der Waals surface area contributed by atoms with Gasteiger partial charge in [0.2, 0.25) is 5.91 Å². The SMILES string of the molecule is CNC(=O)c1cc(Cl)c(F)cc1NC(=O)C1(c2ccccc2C(C)C)CN(CC(O)CF)C1. The number of β-amino-alcohol motifs (C(OH)–C–C–N with tert-alkyl or cyclic N) is 1. The summed E-state index contributed by atoms with van der Waals surface area (Å²) in [6.45, 7) is 3.74. The van der Waals surface area contributed by atoms with Gasteiger partial charge in [0.1, 0.15) is 12.5 Å². The number of amides is 2. The lowest BCUT2D eigenvalue weighted by Gasteiger charge is -2.50. The Morgan fingerprint density at radius 2 is 1.91 bits per heavy atom. The average Bonchev–Trinajstić information content (AvgIpc) is 2.77.